The van der Waals surface area contributed by atoms with Gasteiger partial charge in [0.1, 0.15) is 0 Å². The van der Waals surface area contributed by atoms with Crippen LogP contribution in [0.25, 0.3) is 22.3 Å². The molecule has 2 unspecified atom stereocenters. The summed E-state index contributed by atoms with van der Waals surface area (Å²) in [5, 5.41) is 27.4. The first-order chi connectivity index (χ1) is 22.6. The van der Waals surface area contributed by atoms with Crippen molar-refractivity contribution in [2.75, 3.05) is 0 Å². The highest BCUT2D eigenvalue weighted by molar-refractivity contribution is 6.36. The number of benzene rings is 4. The van der Waals surface area contributed by atoms with E-state index in [1.807, 2.05) is 0 Å². The molecule has 2 atom stereocenters. The molecule has 48 heavy (non-hydrogen) atoms. The smallest absolute Gasteiger partial charge is 0.362 e. The number of amides is 2. The minimum Gasteiger partial charge on any atom is -0.362 e. The number of rotatable bonds is 4. The summed E-state index contributed by atoms with van der Waals surface area (Å²) in [6.45, 7) is 0. The van der Waals surface area contributed by atoms with Crippen LogP contribution in [0, 0.1) is 0 Å². The second-order valence-electron chi connectivity index (χ2n) is 11.2. The Bertz CT molecular complexity index is 1770. The maximum atomic E-state index is 14.3. The van der Waals surface area contributed by atoms with E-state index in [2.05, 4.69) is 10.2 Å². The van der Waals surface area contributed by atoms with Crippen LogP contribution in [0.4, 0.5) is 26.3 Å². The van der Waals surface area contributed by atoms with Gasteiger partial charge in [-0.05, 0) is 33.4 Å². The zero-order valence-corrected chi connectivity index (χ0v) is 24.6. The number of nitrogens with zero attached hydrogens (tertiary/aromatic N) is 4. The fraction of sp³-hybridized carbons (Fsp3) is 0.176. The van der Waals surface area contributed by atoms with E-state index in [-0.39, 0.29) is 11.1 Å². The highest BCUT2D eigenvalue weighted by atomic mass is 19.4. The zero-order valence-electron chi connectivity index (χ0n) is 24.6. The van der Waals surface area contributed by atoms with Crippen LogP contribution in [0.5, 0.6) is 0 Å². The highest BCUT2D eigenvalue weighted by Crippen LogP contribution is 2.44. The summed E-state index contributed by atoms with van der Waals surface area (Å²) in [4.78, 5) is 26.6. The standard InChI is InChI=1S/C34H24F6N4O4/c35-33(36,37)31(47)19-27(25-15-11-23(12-16-25)21-7-3-1-4-8-21)41-43(31)29(45)30(46)44-32(48,34(38,39)40)20-28(42-44)26-17-13-24(14-18-26)22-9-5-2-6-10-22/h1-18,47-48H,19-20H2. The third-order valence-corrected chi connectivity index (χ3v) is 8.10. The summed E-state index contributed by atoms with van der Waals surface area (Å²) < 4.78 is 85.5. The number of carbonyl (C=O) groups is 2. The van der Waals surface area contributed by atoms with Gasteiger partial charge in [0.15, 0.2) is 0 Å². The molecule has 0 saturated carbocycles. The van der Waals surface area contributed by atoms with Gasteiger partial charge in [-0.1, -0.05) is 109 Å². The van der Waals surface area contributed by atoms with Crippen molar-refractivity contribution in [1.82, 2.24) is 10.0 Å². The molecule has 2 aliphatic rings. The summed E-state index contributed by atoms with van der Waals surface area (Å²) in [6.07, 6.45) is -13.9. The minimum atomic E-state index is -5.60. The fourth-order valence-electron chi connectivity index (χ4n) is 5.43. The van der Waals surface area contributed by atoms with Crippen molar-refractivity contribution in [2.45, 2.75) is 36.6 Å². The van der Waals surface area contributed by atoms with E-state index in [0.717, 1.165) is 11.1 Å². The molecule has 8 nitrogen and oxygen atoms in total. The SMILES string of the molecule is O=C(C(=O)N1N=C(c2ccc(-c3ccccc3)cc2)CC1(O)C(F)(F)F)N1N=C(c2ccc(-c3ccccc3)cc2)CC1(O)C(F)(F)F. The van der Waals surface area contributed by atoms with Gasteiger partial charge >= 0.3 is 24.2 Å². The van der Waals surface area contributed by atoms with Crippen molar-refractivity contribution in [3.05, 3.63) is 120 Å². The first-order valence-electron chi connectivity index (χ1n) is 14.4. The Morgan fingerprint density at radius 3 is 1.06 bits per heavy atom. The molecule has 0 bridgehead atoms. The number of hydrogen-bond donors (Lipinski definition) is 2. The number of hydrazone groups is 2. The summed E-state index contributed by atoms with van der Waals surface area (Å²) >= 11 is 0. The van der Waals surface area contributed by atoms with Crippen LogP contribution < -0.4 is 0 Å². The van der Waals surface area contributed by atoms with Gasteiger partial charge in [0.2, 0.25) is 0 Å². The normalized spacial score (nSPS) is 21.2. The first-order valence-corrected chi connectivity index (χ1v) is 14.4. The highest BCUT2D eigenvalue weighted by Gasteiger charge is 2.67. The Morgan fingerprint density at radius 2 is 0.771 bits per heavy atom. The van der Waals surface area contributed by atoms with Crippen LogP contribution >= 0.6 is 0 Å². The van der Waals surface area contributed by atoms with Crippen LogP contribution in [0.2, 0.25) is 0 Å². The molecule has 4 aromatic carbocycles. The van der Waals surface area contributed by atoms with Gasteiger partial charge in [0.05, 0.1) is 24.3 Å². The average Bonchev–Trinajstić information content (AvgIpc) is 3.64. The predicted molar refractivity (Wildman–Crippen MR) is 162 cm³/mol. The second kappa shape index (κ2) is 11.7. The molecule has 0 aliphatic carbocycles. The Kier molecular flexibility index (Phi) is 7.96. The van der Waals surface area contributed by atoms with E-state index in [0.29, 0.717) is 11.1 Å². The van der Waals surface area contributed by atoms with Crippen molar-refractivity contribution < 1.29 is 46.1 Å². The molecule has 246 valence electrons. The van der Waals surface area contributed by atoms with Gasteiger partial charge in [-0.15, -0.1) is 0 Å². The number of hydrogen-bond acceptors (Lipinski definition) is 6. The van der Waals surface area contributed by atoms with Crippen molar-refractivity contribution in [2.24, 2.45) is 10.2 Å². The van der Waals surface area contributed by atoms with Crippen molar-refractivity contribution in [3.63, 3.8) is 0 Å². The van der Waals surface area contributed by atoms with Gasteiger partial charge in [-0.3, -0.25) is 9.59 Å². The Labute approximate surface area is 268 Å². The number of carbonyl (C=O) groups excluding carboxylic acids is 2. The molecule has 6 rings (SSSR count). The number of aliphatic hydroxyl groups is 2. The molecular formula is C34H24F6N4O4. The van der Waals surface area contributed by atoms with Gasteiger partial charge in [-0.25, -0.2) is 0 Å². The number of alkyl halides is 6. The maximum absolute atomic E-state index is 14.3. The lowest BCUT2D eigenvalue weighted by Crippen LogP contribution is -2.63. The van der Waals surface area contributed by atoms with E-state index in [1.54, 1.807) is 84.9 Å². The van der Waals surface area contributed by atoms with Crippen molar-refractivity contribution in [1.29, 1.82) is 0 Å². The molecule has 2 aliphatic heterocycles. The topological polar surface area (TPSA) is 106 Å². The van der Waals surface area contributed by atoms with E-state index in [9.17, 15) is 46.1 Å². The molecule has 14 heteroatoms. The van der Waals surface area contributed by atoms with Crippen LogP contribution in [-0.4, -0.2) is 67.3 Å². The van der Waals surface area contributed by atoms with Crippen LogP contribution in [-0.2, 0) is 9.59 Å². The van der Waals surface area contributed by atoms with Gasteiger partial charge < -0.3 is 10.2 Å². The first kappa shape index (κ1) is 32.6. The van der Waals surface area contributed by atoms with Crippen LogP contribution in [0.1, 0.15) is 24.0 Å². The lowest BCUT2D eigenvalue weighted by atomic mass is 9.98. The quantitative estimate of drug-likeness (QED) is 0.203. The predicted octanol–water partition coefficient (Wildman–Crippen LogP) is 6.10. The monoisotopic (exact) mass is 666 g/mol. The molecule has 2 N–H and O–H groups in total. The zero-order chi connectivity index (χ0) is 34.5. The fourth-order valence-corrected chi connectivity index (χ4v) is 5.43. The second-order valence-corrected chi connectivity index (χ2v) is 11.2. The van der Waals surface area contributed by atoms with E-state index in [4.69, 9.17) is 0 Å². The molecular weight excluding hydrogens is 642 g/mol. The van der Waals surface area contributed by atoms with E-state index >= 15 is 0 Å². The Balaban J connectivity index is 1.33. The molecule has 0 saturated heterocycles. The Morgan fingerprint density at radius 1 is 0.500 bits per heavy atom. The van der Waals surface area contributed by atoms with Crippen LogP contribution in [0.3, 0.4) is 0 Å². The molecule has 0 fully saturated rings. The largest absolute Gasteiger partial charge is 0.438 e. The van der Waals surface area contributed by atoms with Crippen molar-refractivity contribution in [3.8, 4) is 22.3 Å². The summed E-state index contributed by atoms with van der Waals surface area (Å²) in [5.74, 6) is -4.59. The molecule has 0 radical (unpaired) electrons. The summed E-state index contributed by atoms with van der Waals surface area (Å²) in [6, 6.07) is 29.7. The molecule has 0 aromatic heterocycles. The third kappa shape index (κ3) is 5.62. The third-order valence-electron chi connectivity index (χ3n) is 8.10. The molecule has 0 spiro atoms. The minimum absolute atomic E-state index is 0.0485. The maximum Gasteiger partial charge on any atom is 0.438 e. The number of halogens is 6. The lowest BCUT2D eigenvalue weighted by molar-refractivity contribution is -0.307. The molecule has 4 aromatic rings. The summed E-state index contributed by atoms with van der Waals surface area (Å²) in [5.41, 5.74) is -6.06. The van der Waals surface area contributed by atoms with Crippen molar-refractivity contribution >= 4 is 23.2 Å². The average molecular weight is 667 g/mol. The summed E-state index contributed by atoms with van der Waals surface area (Å²) in [7, 11) is 0. The van der Waals surface area contributed by atoms with Gasteiger partial charge in [0.25, 0.3) is 11.4 Å². The van der Waals surface area contributed by atoms with E-state index in [1.165, 1.54) is 24.3 Å². The van der Waals surface area contributed by atoms with Gasteiger partial charge in [0, 0.05) is 0 Å². The molecule has 2 amide bonds. The van der Waals surface area contributed by atoms with Gasteiger partial charge in [-0.2, -0.15) is 46.6 Å². The van der Waals surface area contributed by atoms with E-state index < -0.39 is 69.9 Å². The Hall–Kier alpha value is -5.34. The lowest BCUT2D eigenvalue weighted by Gasteiger charge is -2.35. The van der Waals surface area contributed by atoms with Crippen LogP contribution in [0.15, 0.2) is 119 Å². The molecule has 2 heterocycles.